The van der Waals surface area contributed by atoms with E-state index in [1.807, 2.05) is 37.4 Å². The van der Waals surface area contributed by atoms with Crippen molar-refractivity contribution in [3.63, 3.8) is 0 Å². The second-order valence-electron chi connectivity index (χ2n) is 5.44. The van der Waals surface area contributed by atoms with Crippen LogP contribution in [-0.4, -0.2) is 25.2 Å². The molecule has 1 unspecified atom stereocenters. The number of hydrogen-bond donors (Lipinski definition) is 1. The molecule has 3 rings (SSSR count). The summed E-state index contributed by atoms with van der Waals surface area (Å²) < 4.78 is 5.60. The molecule has 4 heteroatoms. The number of aryl methyl sites for hydroxylation is 1. The van der Waals surface area contributed by atoms with Gasteiger partial charge < -0.3 is 10.1 Å². The third kappa shape index (κ3) is 3.11. The molecule has 0 bridgehead atoms. The van der Waals surface area contributed by atoms with Crippen LogP contribution in [-0.2, 0) is 6.42 Å². The molecule has 1 aliphatic carbocycles. The number of fused-ring (bicyclic) bond motifs is 1. The Labute approximate surface area is 130 Å². The maximum absolute atomic E-state index is 5.60. The van der Waals surface area contributed by atoms with Gasteiger partial charge in [-0.3, -0.25) is 0 Å². The number of hydrogen-bond acceptors (Lipinski definition) is 4. The van der Waals surface area contributed by atoms with Crippen molar-refractivity contribution in [3.8, 4) is 16.3 Å². The van der Waals surface area contributed by atoms with E-state index in [2.05, 4.69) is 17.4 Å². The van der Waals surface area contributed by atoms with E-state index < -0.39 is 0 Å². The van der Waals surface area contributed by atoms with Gasteiger partial charge in [-0.15, -0.1) is 11.3 Å². The Balaban J connectivity index is 1.91. The molecule has 1 aliphatic rings. The highest BCUT2D eigenvalue weighted by Crippen LogP contribution is 2.38. The van der Waals surface area contributed by atoms with Crippen LogP contribution in [0.25, 0.3) is 10.6 Å². The first-order chi connectivity index (χ1) is 10.3. The molecule has 0 saturated carbocycles. The van der Waals surface area contributed by atoms with Crippen LogP contribution >= 0.6 is 11.3 Å². The van der Waals surface area contributed by atoms with Gasteiger partial charge >= 0.3 is 0 Å². The molecule has 0 saturated heterocycles. The van der Waals surface area contributed by atoms with E-state index in [4.69, 9.17) is 9.72 Å². The van der Waals surface area contributed by atoms with E-state index >= 15 is 0 Å². The van der Waals surface area contributed by atoms with Crippen LogP contribution in [0, 0.1) is 0 Å². The second kappa shape index (κ2) is 6.58. The summed E-state index contributed by atoms with van der Waals surface area (Å²) >= 11 is 1.85. The number of thiazole rings is 1. The van der Waals surface area contributed by atoms with Crippen LogP contribution in [0.2, 0.25) is 0 Å². The molecule has 112 valence electrons. The van der Waals surface area contributed by atoms with E-state index in [0.717, 1.165) is 17.3 Å². The van der Waals surface area contributed by atoms with E-state index in [1.54, 1.807) is 0 Å². The summed E-state index contributed by atoms with van der Waals surface area (Å²) in [5.41, 5.74) is 2.49. The predicted molar refractivity (Wildman–Crippen MR) is 88.3 cm³/mol. The summed E-state index contributed by atoms with van der Waals surface area (Å²) in [7, 11) is 2.02. The molecule has 21 heavy (non-hydrogen) atoms. The molecule has 1 aromatic carbocycles. The average molecular weight is 302 g/mol. The van der Waals surface area contributed by atoms with Gasteiger partial charge in [0.2, 0.25) is 0 Å². The molecule has 0 radical (unpaired) electrons. The van der Waals surface area contributed by atoms with Gasteiger partial charge in [0, 0.05) is 22.9 Å². The maximum atomic E-state index is 5.60. The molecule has 2 aromatic rings. The summed E-state index contributed by atoms with van der Waals surface area (Å²) in [4.78, 5) is 6.42. The zero-order chi connectivity index (χ0) is 14.7. The third-order valence-corrected chi connectivity index (χ3v) is 5.09. The highest BCUT2D eigenvalue weighted by Gasteiger charge is 2.24. The van der Waals surface area contributed by atoms with Crippen molar-refractivity contribution in [2.75, 3.05) is 20.2 Å². The molecule has 1 heterocycles. The number of likely N-dealkylation sites (N-methyl/N-ethyl adjacent to an activating group) is 1. The number of aromatic nitrogens is 1. The zero-order valence-corrected chi connectivity index (χ0v) is 13.5. The predicted octanol–water partition coefficient (Wildman–Crippen LogP) is 3.85. The minimum atomic E-state index is 0.568. The van der Waals surface area contributed by atoms with Gasteiger partial charge in [0.05, 0.1) is 12.3 Å². The Kier molecular flexibility index (Phi) is 4.56. The molecule has 0 aliphatic heterocycles. The number of nitrogens with one attached hydrogen (secondary N) is 1. The highest BCUT2D eigenvalue weighted by molar-refractivity contribution is 7.15. The normalized spacial score (nSPS) is 17.5. The van der Waals surface area contributed by atoms with Crippen molar-refractivity contribution in [2.24, 2.45) is 0 Å². The highest BCUT2D eigenvalue weighted by atomic mass is 32.1. The molecule has 0 spiro atoms. The van der Waals surface area contributed by atoms with Gasteiger partial charge in [-0.2, -0.15) is 0 Å². The lowest BCUT2D eigenvalue weighted by Gasteiger charge is -2.20. The van der Waals surface area contributed by atoms with Crippen LogP contribution in [0.3, 0.4) is 0 Å². The quantitative estimate of drug-likeness (QED) is 0.911. The van der Waals surface area contributed by atoms with Gasteiger partial charge in [-0.25, -0.2) is 4.98 Å². The van der Waals surface area contributed by atoms with Crippen LogP contribution in [0.5, 0.6) is 5.75 Å². The molecular formula is C17H22N2OS. The topological polar surface area (TPSA) is 34.1 Å². The molecule has 3 nitrogen and oxygen atoms in total. The van der Waals surface area contributed by atoms with Gasteiger partial charge in [0.25, 0.3) is 0 Å². The molecule has 1 N–H and O–H groups in total. The van der Waals surface area contributed by atoms with Crippen molar-refractivity contribution in [1.82, 2.24) is 10.3 Å². The van der Waals surface area contributed by atoms with Crippen molar-refractivity contribution < 1.29 is 4.74 Å². The zero-order valence-electron chi connectivity index (χ0n) is 12.7. The van der Waals surface area contributed by atoms with E-state index in [0.29, 0.717) is 12.5 Å². The third-order valence-electron chi connectivity index (χ3n) is 3.91. The summed E-state index contributed by atoms with van der Waals surface area (Å²) in [6, 6.07) is 8.27. The molecule has 0 fully saturated rings. The lowest BCUT2D eigenvalue weighted by atomic mass is 9.91. The Hall–Kier alpha value is -1.39. The van der Waals surface area contributed by atoms with Gasteiger partial charge in [-0.1, -0.05) is 12.1 Å². The standard InChI is InChI=1S/C17H22N2OS/c1-3-20-14-8-4-6-12(10-14)17-19-16-13(11-18-2)7-5-9-15(16)21-17/h4,6,8,10,13,18H,3,5,7,9,11H2,1-2H3. The summed E-state index contributed by atoms with van der Waals surface area (Å²) in [5, 5.41) is 4.43. The largest absolute Gasteiger partial charge is 0.494 e. The fourth-order valence-corrected chi connectivity index (χ4v) is 4.15. The van der Waals surface area contributed by atoms with Gasteiger partial charge in [-0.05, 0) is 45.4 Å². The number of benzene rings is 1. The molecule has 1 aromatic heterocycles. The van der Waals surface area contributed by atoms with Crippen molar-refractivity contribution in [1.29, 1.82) is 0 Å². The number of ether oxygens (including phenoxy) is 1. The lowest BCUT2D eigenvalue weighted by molar-refractivity contribution is 0.340. The first-order valence-electron chi connectivity index (χ1n) is 7.69. The fraction of sp³-hybridized carbons (Fsp3) is 0.471. The molecule has 0 amide bonds. The summed E-state index contributed by atoms with van der Waals surface area (Å²) in [6.45, 7) is 3.73. The van der Waals surface area contributed by atoms with Gasteiger partial charge in [0.15, 0.2) is 0 Å². The minimum absolute atomic E-state index is 0.568. The van der Waals surface area contributed by atoms with E-state index in [1.165, 1.54) is 35.4 Å². The number of nitrogens with zero attached hydrogens (tertiary/aromatic N) is 1. The molecular weight excluding hydrogens is 280 g/mol. The Morgan fingerprint density at radius 2 is 2.33 bits per heavy atom. The SMILES string of the molecule is CCOc1cccc(-c2nc3c(s2)CCCC3CNC)c1. The summed E-state index contributed by atoms with van der Waals surface area (Å²) in [5.74, 6) is 1.49. The fourth-order valence-electron chi connectivity index (χ4n) is 2.96. The average Bonchev–Trinajstić information content (AvgIpc) is 2.93. The van der Waals surface area contributed by atoms with Crippen molar-refractivity contribution in [2.45, 2.75) is 32.1 Å². The van der Waals surface area contributed by atoms with Crippen LogP contribution in [0.15, 0.2) is 24.3 Å². The van der Waals surface area contributed by atoms with E-state index in [9.17, 15) is 0 Å². The summed E-state index contributed by atoms with van der Waals surface area (Å²) in [6.07, 6.45) is 3.70. The van der Waals surface area contributed by atoms with Crippen LogP contribution in [0.4, 0.5) is 0 Å². The van der Waals surface area contributed by atoms with Crippen LogP contribution in [0.1, 0.15) is 36.3 Å². The smallest absolute Gasteiger partial charge is 0.124 e. The Morgan fingerprint density at radius 1 is 1.43 bits per heavy atom. The maximum Gasteiger partial charge on any atom is 0.124 e. The Morgan fingerprint density at radius 3 is 3.14 bits per heavy atom. The number of rotatable bonds is 5. The lowest BCUT2D eigenvalue weighted by Crippen LogP contribution is -2.20. The second-order valence-corrected chi connectivity index (χ2v) is 6.52. The first-order valence-corrected chi connectivity index (χ1v) is 8.51. The monoisotopic (exact) mass is 302 g/mol. The van der Waals surface area contributed by atoms with Crippen molar-refractivity contribution in [3.05, 3.63) is 34.8 Å². The van der Waals surface area contributed by atoms with Gasteiger partial charge in [0.1, 0.15) is 10.8 Å². The molecule has 1 atom stereocenters. The van der Waals surface area contributed by atoms with Crippen LogP contribution < -0.4 is 10.1 Å². The van der Waals surface area contributed by atoms with Crippen molar-refractivity contribution >= 4 is 11.3 Å². The van der Waals surface area contributed by atoms with E-state index in [-0.39, 0.29) is 0 Å². The minimum Gasteiger partial charge on any atom is -0.494 e. The first kappa shape index (κ1) is 14.5. The Bertz CT molecular complexity index is 609.